The van der Waals surface area contributed by atoms with Gasteiger partial charge in [0.1, 0.15) is 12.6 Å². The van der Waals surface area contributed by atoms with Gasteiger partial charge in [0.05, 0.1) is 24.8 Å². The number of likely N-dealkylation sites (N-methyl/N-ethyl adjacent to an activating group) is 1. The molecular weight excluding hydrogens is 578 g/mol. The maximum atomic E-state index is 14.4. The fourth-order valence-electron chi connectivity index (χ4n) is 4.95. The lowest BCUT2D eigenvalue weighted by molar-refractivity contribution is -0.139. The molecule has 0 bridgehead atoms. The normalized spacial score (nSPS) is 11.7. The molecule has 4 aromatic rings. The Morgan fingerprint density at radius 3 is 2.05 bits per heavy atom. The van der Waals surface area contributed by atoms with Crippen molar-refractivity contribution < 1.29 is 27.5 Å². The van der Waals surface area contributed by atoms with E-state index < -0.39 is 28.5 Å². The topological polar surface area (TPSA) is 105 Å². The number of amides is 2. The zero-order valence-electron chi connectivity index (χ0n) is 25.3. The molecule has 0 aliphatic carbocycles. The van der Waals surface area contributed by atoms with Crippen molar-refractivity contribution in [2.45, 2.75) is 30.8 Å². The van der Waals surface area contributed by atoms with Gasteiger partial charge in [-0.25, -0.2) is 8.42 Å². The Bertz CT molecular complexity index is 1680. The van der Waals surface area contributed by atoms with Crippen LogP contribution in [0.15, 0.2) is 108 Å². The quantitative estimate of drug-likeness (QED) is 0.236. The van der Waals surface area contributed by atoms with Crippen LogP contribution in [-0.2, 0) is 32.6 Å². The van der Waals surface area contributed by atoms with Crippen LogP contribution in [-0.4, -0.2) is 59.0 Å². The summed E-state index contributed by atoms with van der Waals surface area (Å²) in [6.07, 6.45) is 0.242. The Hall–Kier alpha value is -4.83. The number of nitrogens with one attached hydrogen (secondary N) is 1. The van der Waals surface area contributed by atoms with Crippen LogP contribution < -0.4 is 19.1 Å². The lowest BCUT2D eigenvalue weighted by Crippen LogP contribution is -2.53. The summed E-state index contributed by atoms with van der Waals surface area (Å²) < 4.78 is 40.1. The van der Waals surface area contributed by atoms with Crippen LogP contribution in [0.3, 0.4) is 0 Å². The number of rotatable bonds is 13. The number of methoxy groups -OCH3 is 2. The van der Waals surface area contributed by atoms with E-state index in [4.69, 9.17) is 9.47 Å². The zero-order valence-corrected chi connectivity index (χ0v) is 26.1. The van der Waals surface area contributed by atoms with Crippen molar-refractivity contribution in [3.05, 3.63) is 120 Å². The van der Waals surface area contributed by atoms with Crippen LogP contribution in [0.25, 0.3) is 0 Å². The number of hydrogen-bond donors (Lipinski definition) is 1. The smallest absolute Gasteiger partial charge is 0.264 e. The van der Waals surface area contributed by atoms with Gasteiger partial charge < -0.3 is 19.7 Å². The number of carbonyl (C=O) groups excluding carboxylic acids is 2. The molecule has 9 nitrogen and oxygen atoms in total. The Kier molecular flexibility index (Phi) is 10.6. The second kappa shape index (κ2) is 14.6. The molecule has 0 unspecified atom stereocenters. The third kappa shape index (κ3) is 7.57. The molecular formula is C34H37N3O6S. The van der Waals surface area contributed by atoms with Gasteiger partial charge in [-0.05, 0) is 42.3 Å². The lowest BCUT2D eigenvalue weighted by atomic mass is 10.0. The van der Waals surface area contributed by atoms with Gasteiger partial charge in [0.15, 0.2) is 11.5 Å². The summed E-state index contributed by atoms with van der Waals surface area (Å²) in [7, 11) is 0.119. The van der Waals surface area contributed by atoms with Gasteiger partial charge in [0.2, 0.25) is 11.8 Å². The molecule has 1 N–H and O–H groups in total. The van der Waals surface area contributed by atoms with Crippen molar-refractivity contribution in [1.29, 1.82) is 0 Å². The van der Waals surface area contributed by atoms with E-state index in [2.05, 4.69) is 5.32 Å². The second-order valence-corrected chi connectivity index (χ2v) is 12.1. The van der Waals surface area contributed by atoms with Crippen molar-refractivity contribution in [1.82, 2.24) is 10.2 Å². The molecule has 44 heavy (non-hydrogen) atoms. The first-order chi connectivity index (χ1) is 21.2. The average Bonchev–Trinajstić information content (AvgIpc) is 3.05. The van der Waals surface area contributed by atoms with Crippen LogP contribution in [0.1, 0.15) is 16.7 Å². The van der Waals surface area contributed by atoms with E-state index in [1.54, 1.807) is 30.3 Å². The van der Waals surface area contributed by atoms with Crippen LogP contribution in [0, 0.1) is 6.92 Å². The van der Waals surface area contributed by atoms with Gasteiger partial charge >= 0.3 is 0 Å². The van der Waals surface area contributed by atoms with Crippen molar-refractivity contribution in [2.75, 3.05) is 32.1 Å². The second-order valence-electron chi connectivity index (χ2n) is 10.2. The average molecular weight is 616 g/mol. The molecule has 10 heteroatoms. The van der Waals surface area contributed by atoms with E-state index in [0.717, 1.165) is 21.0 Å². The lowest BCUT2D eigenvalue weighted by Gasteiger charge is -2.33. The van der Waals surface area contributed by atoms with Crippen molar-refractivity contribution in [2.24, 2.45) is 0 Å². The third-order valence-electron chi connectivity index (χ3n) is 7.22. The van der Waals surface area contributed by atoms with Gasteiger partial charge in [-0.3, -0.25) is 13.9 Å². The molecule has 0 saturated carbocycles. The van der Waals surface area contributed by atoms with E-state index in [1.807, 2.05) is 61.5 Å². The van der Waals surface area contributed by atoms with Crippen LogP contribution >= 0.6 is 0 Å². The molecule has 4 rings (SSSR count). The molecule has 0 radical (unpaired) electrons. The fraction of sp³-hybridized carbons (Fsp3) is 0.235. The molecule has 230 valence electrons. The minimum atomic E-state index is -4.28. The number of anilines is 1. The van der Waals surface area contributed by atoms with E-state index in [1.165, 1.54) is 44.4 Å². The molecule has 0 aromatic heterocycles. The first-order valence-electron chi connectivity index (χ1n) is 14.1. The molecule has 4 aromatic carbocycles. The Balaban J connectivity index is 1.79. The van der Waals surface area contributed by atoms with Crippen LogP contribution in [0.4, 0.5) is 5.69 Å². The SMILES string of the molecule is CNC(=O)[C@@H](Cc1ccccc1)N(Cc1cccc(C)c1)C(=O)CN(c1ccccc1)S(=O)(=O)c1ccc(OC)c(OC)c1. The highest BCUT2D eigenvalue weighted by Crippen LogP contribution is 2.32. The Morgan fingerprint density at radius 2 is 1.43 bits per heavy atom. The molecule has 0 heterocycles. The largest absolute Gasteiger partial charge is 0.493 e. The van der Waals surface area contributed by atoms with E-state index in [-0.39, 0.29) is 29.5 Å². The summed E-state index contributed by atoms with van der Waals surface area (Å²) in [5, 5.41) is 2.69. The van der Waals surface area contributed by atoms with Crippen LogP contribution in [0.5, 0.6) is 11.5 Å². The highest BCUT2D eigenvalue weighted by Gasteiger charge is 2.34. The molecule has 0 aliphatic rings. The summed E-state index contributed by atoms with van der Waals surface area (Å²) in [5.74, 6) is -0.295. The standard InChI is InChI=1S/C34H37N3O6S/c1-25-12-11-15-27(20-25)23-36(30(34(39)35-2)21-26-13-7-5-8-14-26)33(38)24-37(28-16-9-6-10-17-28)44(40,41)29-18-19-31(42-3)32(22-29)43-4/h5-20,22,30H,21,23-24H2,1-4H3,(H,35,39)/t30-/m1/s1. The first kappa shape index (κ1) is 32.1. The van der Waals surface area contributed by atoms with E-state index >= 15 is 0 Å². The molecule has 1 atom stereocenters. The van der Waals surface area contributed by atoms with Gasteiger partial charge in [-0.15, -0.1) is 0 Å². The molecule has 0 spiro atoms. The summed E-state index contributed by atoms with van der Waals surface area (Å²) in [5.41, 5.74) is 2.97. The number of nitrogens with zero attached hydrogens (tertiary/aromatic N) is 2. The molecule has 2 amide bonds. The monoisotopic (exact) mass is 615 g/mol. The minimum Gasteiger partial charge on any atom is -0.493 e. The number of hydrogen-bond acceptors (Lipinski definition) is 6. The first-order valence-corrected chi connectivity index (χ1v) is 15.5. The molecule has 0 aliphatic heterocycles. The Morgan fingerprint density at radius 1 is 0.795 bits per heavy atom. The summed E-state index contributed by atoms with van der Waals surface area (Å²) in [6, 6.07) is 28.8. The van der Waals surface area contributed by atoms with Crippen molar-refractivity contribution in [3.63, 3.8) is 0 Å². The fourth-order valence-corrected chi connectivity index (χ4v) is 6.39. The van der Waals surface area contributed by atoms with Crippen LogP contribution in [0.2, 0.25) is 0 Å². The molecule has 0 fully saturated rings. The maximum Gasteiger partial charge on any atom is 0.264 e. The maximum absolute atomic E-state index is 14.4. The summed E-state index contributed by atoms with van der Waals surface area (Å²) in [6.45, 7) is 1.50. The summed E-state index contributed by atoms with van der Waals surface area (Å²) >= 11 is 0. The number of ether oxygens (including phenoxy) is 2. The van der Waals surface area contributed by atoms with Crippen molar-refractivity contribution in [3.8, 4) is 11.5 Å². The van der Waals surface area contributed by atoms with Gasteiger partial charge in [-0.2, -0.15) is 0 Å². The highest BCUT2D eigenvalue weighted by molar-refractivity contribution is 7.92. The third-order valence-corrected chi connectivity index (χ3v) is 8.99. The number of sulfonamides is 1. The van der Waals surface area contributed by atoms with E-state index in [9.17, 15) is 18.0 Å². The predicted octanol–water partition coefficient (Wildman–Crippen LogP) is 4.59. The number of carbonyl (C=O) groups is 2. The zero-order chi connectivity index (χ0) is 31.7. The van der Waals surface area contributed by atoms with Gasteiger partial charge in [0.25, 0.3) is 10.0 Å². The number of benzene rings is 4. The Labute approximate surface area is 259 Å². The molecule has 0 saturated heterocycles. The minimum absolute atomic E-state index is 0.0795. The number of para-hydroxylation sites is 1. The highest BCUT2D eigenvalue weighted by atomic mass is 32.2. The summed E-state index contributed by atoms with van der Waals surface area (Å²) in [4.78, 5) is 29.1. The van der Waals surface area contributed by atoms with Gasteiger partial charge in [-0.1, -0.05) is 78.4 Å². The van der Waals surface area contributed by atoms with Crippen molar-refractivity contribution >= 4 is 27.5 Å². The van der Waals surface area contributed by atoms with Gasteiger partial charge in [0, 0.05) is 26.1 Å². The number of aryl methyl sites for hydroxylation is 1. The van der Waals surface area contributed by atoms with E-state index in [0.29, 0.717) is 11.4 Å². The predicted molar refractivity (Wildman–Crippen MR) is 170 cm³/mol.